The Kier molecular flexibility index (Phi) is 2.45. The average molecular weight is 204 g/mol. The lowest BCUT2D eigenvalue weighted by molar-refractivity contribution is 0.415. The van der Waals surface area contributed by atoms with Crippen LogP contribution in [0.25, 0.3) is 0 Å². The van der Waals surface area contributed by atoms with E-state index in [9.17, 15) is 0 Å². The number of methoxy groups -OCH3 is 1. The van der Waals surface area contributed by atoms with Gasteiger partial charge in [-0.3, -0.25) is 5.10 Å². The first-order valence-electron chi connectivity index (χ1n) is 4.50. The number of nitrogens with one attached hydrogen (secondary N) is 2. The zero-order chi connectivity index (χ0) is 10.7. The van der Waals surface area contributed by atoms with Crippen molar-refractivity contribution in [3.63, 3.8) is 0 Å². The number of H-pyrrole nitrogens is 1. The number of aromatic nitrogens is 2. The Labute approximate surface area is 87.3 Å². The fourth-order valence-electron chi connectivity index (χ4n) is 1.26. The maximum Gasteiger partial charge on any atom is 0.169 e. The van der Waals surface area contributed by atoms with Crippen molar-refractivity contribution in [3.05, 3.63) is 30.5 Å². The first kappa shape index (κ1) is 9.39. The Hall–Kier alpha value is -2.17. The second kappa shape index (κ2) is 3.91. The highest BCUT2D eigenvalue weighted by Crippen LogP contribution is 2.23. The third-order valence-corrected chi connectivity index (χ3v) is 2.02. The van der Waals surface area contributed by atoms with Crippen molar-refractivity contribution >= 4 is 17.2 Å². The van der Waals surface area contributed by atoms with E-state index in [0.717, 1.165) is 17.1 Å². The van der Waals surface area contributed by atoms with Crippen LogP contribution in [0.2, 0.25) is 0 Å². The summed E-state index contributed by atoms with van der Waals surface area (Å²) in [5, 5.41) is 9.62. The number of hydrogen-bond donors (Lipinski definition) is 3. The molecule has 15 heavy (non-hydrogen) atoms. The lowest BCUT2D eigenvalue weighted by atomic mass is 10.3. The molecule has 0 saturated heterocycles. The molecular formula is C10H12N4O. The van der Waals surface area contributed by atoms with E-state index in [1.807, 2.05) is 24.3 Å². The molecule has 0 aliphatic heterocycles. The Balaban J connectivity index is 2.21. The zero-order valence-corrected chi connectivity index (χ0v) is 8.32. The molecule has 0 fully saturated rings. The van der Waals surface area contributed by atoms with Crippen LogP contribution in [0, 0.1) is 0 Å². The SMILES string of the molecule is COc1cccc(Nc2c[nH]nc2N)c1. The lowest BCUT2D eigenvalue weighted by Gasteiger charge is -2.06. The topological polar surface area (TPSA) is 76.0 Å². The van der Waals surface area contributed by atoms with Crippen molar-refractivity contribution < 1.29 is 4.74 Å². The quantitative estimate of drug-likeness (QED) is 0.711. The Morgan fingerprint density at radius 2 is 2.33 bits per heavy atom. The maximum absolute atomic E-state index is 5.62. The molecule has 0 amide bonds. The van der Waals surface area contributed by atoms with Crippen LogP contribution in [0.5, 0.6) is 5.75 Å². The summed E-state index contributed by atoms with van der Waals surface area (Å²) in [6.07, 6.45) is 1.70. The van der Waals surface area contributed by atoms with Gasteiger partial charge in [0.15, 0.2) is 5.82 Å². The van der Waals surface area contributed by atoms with Crippen LogP contribution in [0.15, 0.2) is 30.5 Å². The molecule has 0 spiro atoms. The van der Waals surface area contributed by atoms with E-state index in [2.05, 4.69) is 15.5 Å². The molecule has 4 N–H and O–H groups in total. The van der Waals surface area contributed by atoms with Crippen LogP contribution in [-0.2, 0) is 0 Å². The van der Waals surface area contributed by atoms with Gasteiger partial charge in [0.05, 0.1) is 7.11 Å². The number of nitrogen functional groups attached to an aromatic ring is 1. The predicted molar refractivity (Wildman–Crippen MR) is 59.3 cm³/mol. The summed E-state index contributed by atoms with van der Waals surface area (Å²) in [6, 6.07) is 7.59. The van der Waals surface area contributed by atoms with Crippen LogP contribution in [0.4, 0.5) is 17.2 Å². The molecule has 5 heteroatoms. The van der Waals surface area contributed by atoms with E-state index in [-0.39, 0.29) is 0 Å². The normalized spacial score (nSPS) is 9.93. The highest BCUT2D eigenvalue weighted by molar-refractivity contribution is 5.69. The number of rotatable bonds is 3. The van der Waals surface area contributed by atoms with Crippen molar-refractivity contribution in [1.29, 1.82) is 0 Å². The molecular weight excluding hydrogens is 192 g/mol. The smallest absolute Gasteiger partial charge is 0.169 e. The van der Waals surface area contributed by atoms with Gasteiger partial charge in [-0.1, -0.05) is 6.07 Å². The van der Waals surface area contributed by atoms with Crippen LogP contribution < -0.4 is 15.8 Å². The number of nitrogens with two attached hydrogens (primary N) is 1. The van der Waals surface area contributed by atoms with Gasteiger partial charge < -0.3 is 15.8 Å². The van der Waals surface area contributed by atoms with E-state index in [4.69, 9.17) is 10.5 Å². The summed E-state index contributed by atoms with van der Waals surface area (Å²) in [5.74, 6) is 1.24. The first-order chi connectivity index (χ1) is 7.29. The van der Waals surface area contributed by atoms with E-state index in [1.54, 1.807) is 13.3 Å². The van der Waals surface area contributed by atoms with Gasteiger partial charge in [0.2, 0.25) is 0 Å². The number of benzene rings is 1. The minimum Gasteiger partial charge on any atom is -0.497 e. The largest absolute Gasteiger partial charge is 0.497 e. The highest BCUT2D eigenvalue weighted by atomic mass is 16.5. The molecule has 0 unspecified atom stereocenters. The molecule has 0 aliphatic carbocycles. The summed E-state index contributed by atoms with van der Waals surface area (Å²) < 4.78 is 5.11. The molecule has 0 radical (unpaired) electrons. The molecule has 2 aromatic rings. The van der Waals surface area contributed by atoms with Crippen LogP contribution in [0.3, 0.4) is 0 Å². The second-order valence-electron chi connectivity index (χ2n) is 3.04. The Bertz CT molecular complexity index is 452. The Morgan fingerprint density at radius 3 is 3.00 bits per heavy atom. The number of ether oxygens (including phenoxy) is 1. The van der Waals surface area contributed by atoms with Gasteiger partial charge in [-0.25, -0.2) is 0 Å². The number of anilines is 3. The van der Waals surface area contributed by atoms with Crippen LogP contribution >= 0.6 is 0 Å². The van der Waals surface area contributed by atoms with Crippen molar-refractivity contribution in [2.75, 3.05) is 18.2 Å². The predicted octanol–water partition coefficient (Wildman–Crippen LogP) is 1.74. The van der Waals surface area contributed by atoms with Gasteiger partial charge in [0.1, 0.15) is 11.4 Å². The molecule has 0 atom stereocenters. The van der Waals surface area contributed by atoms with Gasteiger partial charge in [-0.15, -0.1) is 0 Å². The van der Waals surface area contributed by atoms with E-state index in [1.165, 1.54) is 0 Å². The van der Waals surface area contributed by atoms with Gasteiger partial charge in [0.25, 0.3) is 0 Å². The van der Waals surface area contributed by atoms with Gasteiger partial charge >= 0.3 is 0 Å². The van der Waals surface area contributed by atoms with Crippen molar-refractivity contribution in [2.45, 2.75) is 0 Å². The monoisotopic (exact) mass is 204 g/mol. The molecule has 5 nitrogen and oxygen atoms in total. The van der Waals surface area contributed by atoms with Gasteiger partial charge in [-0.2, -0.15) is 5.10 Å². The summed E-state index contributed by atoms with van der Waals surface area (Å²) in [5.41, 5.74) is 7.28. The maximum atomic E-state index is 5.62. The second-order valence-corrected chi connectivity index (χ2v) is 3.04. The van der Waals surface area contributed by atoms with Crippen molar-refractivity contribution in [2.24, 2.45) is 0 Å². The van der Waals surface area contributed by atoms with Crippen molar-refractivity contribution in [3.8, 4) is 5.75 Å². The zero-order valence-electron chi connectivity index (χ0n) is 8.32. The Morgan fingerprint density at radius 1 is 1.47 bits per heavy atom. The average Bonchev–Trinajstić information content (AvgIpc) is 2.65. The van der Waals surface area contributed by atoms with Gasteiger partial charge in [-0.05, 0) is 12.1 Å². The van der Waals surface area contributed by atoms with E-state index < -0.39 is 0 Å². The minimum atomic E-state index is 0.442. The standard InChI is InChI=1S/C10H12N4O/c1-15-8-4-2-3-7(5-8)13-9-6-12-14-10(9)11/h2-6,13H,1H3,(H3,11,12,14). The molecule has 0 saturated carbocycles. The van der Waals surface area contributed by atoms with Gasteiger partial charge in [0, 0.05) is 18.0 Å². The van der Waals surface area contributed by atoms with Crippen LogP contribution in [0.1, 0.15) is 0 Å². The molecule has 1 aromatic carbocycles. The highest BCUT2D eigenvalue weighted by Gasteiger charge is 2.01. The minimum absolute atomic E-state index is 0.442. The fourth-order valence-corrected chi connectivity index (χ4v) is 1.26. The third-order valence-electron chi connectivity index (χ3n) is 2.02. The first-order valence-corrected chi connectivity index (χ1v) is 4.50. The van der Waals surface area contributed by atoms with Crippen LogP contribution in [-0.4, -0.2) is 17.3 Å². The molecule has 0 bridgehead atoms. The molecule has 78 valence electrons. The molecule has 2 rings (SSSR count). The summed E-state index contributed by atoms with van der Waals surface area (Å²) in [7, 11) is 1.63. The molecule has 1 aromatic heterocycles. The summed E-state index contributed by atoms with van der Waals surface area (Å²) >= 11 is 0. The number of aromatic amines is 1. The van der Waals surface area contributed by atoms with Crippen molar-refractivity contribution in [1.82, 2.24) is 10.2 Å². The summed E-state index contributed by atoms with van der Waals surface area (Å²) in [4.78, 5) is 0. The fraction of sp³-hybridized carbons (Fsp3) is 0.100. The van der Waals surface area contributed by atoms with E-state index in [0.29, 0.717) is 5.82 Å². The molecule has 0 aliphatic rings. The number of hydrogen-bond acceptors (Lipinski definition) is 4. The summed E-state index contributed by atoms with van der Waals surface area (Å²) in [6.45, 7) is 0. The lowest BCUT2D eigenvalue weighted by Crippen LogP contribution is -1.94. The third kappa shape index (κ3) is 2.01. The van der Waals surface area contributed by atoms with E-state index >= 15 is 0 Å². The molecule has 1 heterocycles. The number of nitrogens with zero attached hydrogens (tertiary/aromatic N) is 1.